The maximum Gasteiger partial charge on any atom is 0.251 e. The molecule has 2 amide bonds. The minimum Gasteiger partial charge on any atom is -0.374 e. The predicted octanol–water partition coefficient (Wildman–Crippen LogP) is 1.47. The molecule has 1 aliphatic rings. The molecule has 5 heteroatoms. The van der Waals surface area contributed by atoms with Crippen molar-refractivity contribution in [1.29, 1.82) is 0 Å². The van der Waals surface area contributed by atoms with E-state index in [0.717, 1.165) is 31.6 Å². The Balaban J connectivity index is 2.01. The highest BCUT2D eigenvalue weighted by atomic mass is 16.2. The zero-order valence-corrected chi connectivity index (χ0v) is 12.0. The molecule has 108 valence electrons. The van der Waals surface area contributed by atoms with Crippen molar-refractivity contribution in [3.8, 4) is 0 Å². The molecule has 5 nitrogen and oxygen atoms in total. The highest BCUT2D eigenvalue weighted by Crippen LogP contribution is 2.14. The summed E-state index contributed by atoms with van der Waals surface area (Å²) in [6.07, 6.45) is 2.18. The first kappa shape index (κ1) is 14.4. The number of benzene rings is 1. The van der Waals surface area contributed by atoms with E-state index in [2.05, 4.69) is 10.6 Å². The summed E-state index contributed by atoms with van der Waals surface area (Å²) in [6.45, 7) is 3.56. The van der Waals surface area contributed by atoms with E-state index in [0.29, 0.717) is 5.56 Å². The summed E-state index contributed by atoms with van der Waals surface area (Å²) in [6, 6.07) is 6.89. The molecule has 1 fully saturated rings. The molecule has 2 N–H and O–H groups in total. The fourth-order valence-corrected chi connectivity index (χ4v) is 2.42. The number of nitrogens with one attached hydrogen (secondary N) is 2. The van der Waals surface area contributed by atoms with Crippen LogP contribution in [0.4, 0.5) is 5.69 Å². The van der Waals surface area contributed by atoms with Gasteiger partial charge in [0.2, 0.25) is 5.91 Å². The van der Waals surface area contributed by atoms with Crippen molar-refractivity contribution in [3.63, 3.8) is 0 Å². The van der Waals surface area contributed by atoms with Gasteiger partial charge in [0.1, 0.15) is 6.04 Å². The average molecular weight is 275 g/mol. The molecule has 1 aliphatic heterocycles. The summed E-state index contributed by atoms with van der Waals surface area (Å²) in [5.74, 6) is -0.0139. The van der Waals surface area contributed by atoms with Crippen LogP contribution in [0.25, 0.3) is 0 Å². The molecule has 0 bridgehead atoms. The van der Waals surface area contributed by atoms with Crippen molar-refractivity contribution in [2.24, 2.45) is 0 Å². The molecule has 1 saturated heterocycles. The van der Waals surface area contributed by atoms with Crippen LogP contribution in [0.15, 0.2) is 24.3 Å². The van der Waals surface area contributed by atoms with E-state index in [-0.39, 0.29) is 17.9 Å². The normalized spacial score (nSPS) is 15.8. The summed E-state index contributed by atoms with van der Waals surface area (Å²) in [5.41, 5.74) is 1.37. The summed E-state index contributed by atoms with van der Waals surface area (Å²) in [7, 11) is 1.60. The molecule has 20 heavy (non-hydrogen) atoms. The number of amides is 2. The molecule has 1 aromatic rings. The van der Waals surface area contributed by atoms with Crippen LogP contribution < -0.4 is 10.6 Å². The van der Waals surface area contributed by atoms with E-state index in [4.69, 9.17) is 0 Å². The lowest BCUT2D eigenvalue weighted by atomic mass is 10.1. The summed E-state index contributed by atoms with van der Waals surface area (Å²) in [5, 5.41) is 5.75. The van der Waals surface area contributed by atoms with Crippen LogP contribution in [-0.2, 0) is 4.79 Å². The van der Waals surface area contributed by atoms with E-state index in [1.54, 1.807) is 25.2 Å². The monoisotopic (exact) mass is 275 g/mol. The average Bonchev–Trinajstić information content (AvgIpc) is 3.00. The molecule has 0 radical (unpaired) electrons. The molecule has 0 aromatic heterocycles. The maximum absolute atomic E-state index is 12.2. The van der Waals surface area contributed by atoms with Gasteiger partial charge in [-0.25, -0.2) is 0 Å². The number of anilines is 1. The third-order valence-electron chi connectivity index (χ3n) is 3.52. The minimum absolute atomic E-state index is 0.118. The van der Waals surface area contributed by atoms with Crippen LogP contribution in [0, 0.1) is 0 Å². The third kappa shape index (κ3) is 3.29. The summed E-state index contributed by atoms with van der Waals surface area (Å²) in [4.78, 5) is 25.7. The fraction of sp³-hybridized carbons (Fsp3) is 0.467. The van der Waals surface area contributed by atoms with Gasteiger partial charge in [-0.05, 0) is 38.0 Å². The zero-order chi connectivity index (χ0) is 14.5. The second kappa shape index (κ2) is 6.41. The van der Waals surface area contributed by atoms with Crippen LogP contribution in [0.2, 0.25) is 0 Å². The predicted molar refractivity (Wildman–Crippen MR) is 78.7 cm³/mol. The lowest BCUT2D eigenvalue weighted by Crippen LogP contribution is -2.39. The molecule has 0 unspecified atom stereocenters. The molecule has 1 aromatic carbocycles. The second-order valence-corrected chi connectivity index (χ2v) is 5.06. The van der Waals surface area contributed by atoms with Gasteiger partial charge in [-0.2, -0.15) is 0 Å². The number of hydrogen-bond donors (Lipinski definition) is 2. The Morgan fingerprint density at radius 3 is 2.60 bits per heavy atom. The second-order valence-electron chi connectivity index (χ2n) is 5.06. The van der Waals surface area contributed by atoms with Gasteiger partial charge in [-0.3, -0.25) is 9.59 Å². The van der Waals surface area contributed by atoms with E-state index >= 15 is 0 Å². The summed E-state index contributed by atoms with van der Waals surface area (Å²) < 4.78 is 0. The van der Waals surface area contributed by atoms with Crippen LogP contribution in [0.5, 0.6) is 0 Å². The molecular weight excluding hydrogens is 254 g/mol. The van der Waals surface area contributed by atoms with E-state index in [1.165, 1.54) is 0 Å². The number of likely N-dealkylation sites (tertiary alicyclic amines) is 1. The standard InChI is InChI=1S/C15H21N3O2/c1-11(15(20)18-8-3-4-9-18)17-13-7-5-6-12(10-13)14(19)16-2/h5-7,10-11,17H,3-4,8-9H2,1-2H3,(H,16,19)/t11-/m1/s1. The van der Waals surface area contributed by atoms with Crippen LogP contribution >= 0.6 is 0 Å². The van der Waals surface area contributed by atoms with Crippen molar-refractivity contribution in [1.82, 2.24) is 10.2 Å². The topological polar surface area (TPSA) is 61.4 Å². The number of carbonyl (C=O) groups is 2. The number of carbonyl (C=O) groups excluding carboxylic acids is 2. The largest absolute Gasteiger partial charge is 0.374 e. The Hall–Kier alpha value is -2.04. The van der Waals surface area contributed by atoms with Crippen molar-refractivity contribution >= 4 is 17.5 Å². The SMILES string of the molecule is CNC(=O)c1cccc(N[C@H](C)C(=O)N2CCCC2)c1. The molecule has 0 aliphatic carbocycles. The quantitative estimate of drug-likeness (QED) is 0.874. The van der Waals surface area contributed by atoms with Crippen LogP contribution in [0.1, 0.15) is 30.1 Å². The Morgan fingerprint density at radius 2 is 1.95 bits per heavy atom. The zero-order valence-electron chi connectivity index (χ0n) is 12.0. The van der Waals surface area contributed by atoms with Gasteiger partial charge in [-0.15, -0.1) is 0 Å². The lowest BCUT2D eigenvalue weighted by molar-refractivity contribution is -0.130. The van der Waals surface area contributed by atoms with Gasteiger partial charge in [0.25, 0.3) is 5.91 Å². The van der Waals surface area contributed by atoms with Gasteiger partial charge in [0, 0.05) is 31.4 Å². The highest BCUT2D eigenvalue weighted by Gasteiger charge is 2.23. The first-order chi connectivity index (χ1) is 9.61. The van der Waals surface area contributed by atoms with Crippen LogP contribution in [-0.4, -0.2) is 42.9 Å². The van der Waals surface area contributed by atoms with Gasteiger partial charge >= 0.3 is 0 Å². The molecule has 0 saturated carbocycles. The molecular formula is C15H21N3O2. The Morgan fingerprint density at radius 1 is 1.25 bits per heavy atom. The van der Waals surface area contributed by atoms with Crippen LogP contribution in [0.3, 0.4) is 0 Å². The lowest BCUT2D eigenvalue weighted by Gasteiger charge is -2.22. The molecule has 0 spiro atoms. The third-order valence-corrected chi connectivity index (χ3v) is 3.52. The van der Waals surface area contributed by atoms with Crippen molar-refractivity contribution in [3.05, 3.63) is 29.8 Å². The highest BCUT2D eigenvalue weighted by molar-refractivity contribution is 5.95. The minimum atomic E-state index is -0.284. The van der Waals surface area contributed by atoms with E-state index < -0.39 is 0 Å². The fourth-order valence-electron chi connectivity index (χ4n) is 2.42. The Labute approximate surface area is 119 Å². The van der Waals surface area contributed by atoms with E-state index in [1.807, 2.05) is 17.9 Å². The van der Waals surface area contributed by atoms with Gasteiger partial charge in [0.15, 0.2) is 0 Å². The first-order valence-corrected chi connectivity index (χ1v) is 6.99. The Kier molecular flexibility index (Phi) is 4.61. The Bertz CT molecular complexity index is 496. The smallest absolute Gasteiger partial charge is 0.251 e. The molecule has 1 atom stereocenters. The molecule has 2 rings (SSSR count). The first-order valence-electron chi connectivity index (χ1n) is 6.99. The molecule has 1 heterocycles. The van der Waals surface area contributed by atoms with Gasteiger partial charge < -0.3 is 15.5 Å². The summed E-state index contributed by atoms with van der Waals surface area (Å²) >= 11 is 0. The van der Waals surface area contributed by atoms with Gasteiger partial charge in [0.05, 0.1) is 0 Å². The van der Waals surface area contributed by atoms with Crippen molar-refractivity contribution in [2.75, 3.05) is 25.5 Å². The van der Waals surface area contributed by atoms with Gasteiger partial charge in [-0.1, -0.05) is 6.07 Å². The van der Waals surface area contributed by atoms with Crippen molar-refractivity contribution < 1.29 is 9.59 Å². The maximum atomic E-state index is 12.2. The van der Waals surface area contributed by atoms with Crippen molar-refractivity contribution in [2.45, 2.75) is 25.8 Å². The number of hydrogen-bond acceptors (Lipinski definition) is 3. The van der Waals surface area contributed by atoms with E-state index in [9.17, 15) is 9.59 Å². The number of rotatable bonds is 4. The number of nitrogens with zero attached hydrogens (tertiary/aromatic N) is 1.